The summed E-state index contributed by atoms with van der Waals surface area (Å²) in [5.74, 6) is 0. The van der Waals surface area contributed by atoms with E-state index in [0.717, 1.165) is 13.1 Å². The van der Waals surface area contributed by atoms with Gasteiger partial charge in [0, 0.05) is 6.04 Å². The molecule has 1 aliphatic rings. The Morgan fingerprint density at radius 1 is 1.75 bits per heavy atom. The van der Waals surface area contributed by atoms with Crippen molar-refractivity contribution in [2.45, 2.75) is 12.5 Å². The van der Waals surface area contributed by atoms with Crippen LogP contribution in [0.4, 0.5) is 0 Å². The maximum absolute atomic E-state index is 3.83. The van der Waals surface area contributed by atoms with Crippen LogP contribution in [-0.2, 0) is 0 Å². The minimum atomic E-state index is 0.687. The van der Waals surface area contributed by atoms with Gasteiger partial charge in [-0.1, -0.05) is 0 Å². The van der Waals surface area contributed by atoms with Crippen LogP contribution < -0.4 is 5.32 Å². The highest BCUT2D eigenvalue weighted by Gasteiger charge is 2.12. The first-order chi connectivity index (χ1) is 3.83. The van der Waals surface area contributed by atoms with Gasteiger partial charge < -0.3 is 10.2 Å². The maximum Gasteiger partial charge on any atom is 0.0179 e. The van der Waals surface area contributed by atoms with Gasteiger partial charge in [-0.3, -0.25) is 7.05 Å². The molecule has 2 heteroatoms. The maximum atomic E-state index is 3.83. The Hall–Kier alpha value is -0.0800. The lowest BCUT2D eigenvalue weighted by molar-refractivity contribution is 0.443. The lowest BCUT2D eigenvalue weighted by atomic mass is 10.3. The fourth-order valence-corrected chi connectivity index (χ4v) is 1.07. The molecule has 2 nitrogen and oxygen atoms in total. The van der Waals surface area contributed by atoms with Crippen LogP contribution in [0, 0.1) is 7.05 Å². The Balaban J connectivity index is 2.22. The molecule has 0 aromatic heterocycles. The zero-order valence-corrected chi connectivity index (χ0v) is 5.35. The molecule has 0 spiro atoms. The molecule has 1 fully saturated rings. The van der Waals surface area contributed by atoms with Gasteiger partial charge in [0.25, 0.3) is 0 Å². The molecule has 0 radical (unpaired) electrons. The zero-order valence-electron chi connectivity index (χ0n) is 5.35. The minimum absolute atomic E-state index is 0.687. The Bertz CT molecular complexity index is 72.9. The fourth-order valence-electron chi connectivity index (χ4n) is 1.07. The van der Waals surface area contributed by atoms with Gasteiger partial charge in [-0.15, -0.1) is 0 Å². The molecule has 0 bridgehead atoms. The predicted molar refractivity (Wildman–Crippen MR) is 34.4 cm³/mol. The summed E-state index contributed by atoms with van der Waals surface area (Å²) in [4.78, 5) is 2.10. The van der Waals surface area contributed by atoms with Crippen LogP contribution in [0.25, 0.3) is 0 Å². The smallest absolute Gasteiger partial charge is 0.0179 e. The topological polar surface area (TPSA) is 15.3 Å². The van der Waals surface area contributed by atoms with Crippen LogP contribution in [-0.4, -0.2) is 31.1 Å². The first-order valence-corrected chi connectivity index (χ1v) is 3.05. The first kappa shape index (κ1) is 6.05. The molecule has 0 aliphatic carbocycles. The highest BCUT2D eigenvalue weighted by Crippen LogP contribution is 2.05. The summed E-state index contributed by atoms with van der Waals surface area (Å²) in [6.45, 7) is 2.25. The second-order valence-electron chi connectivity index (χ2n) is 2.35. The number of likely N-dealkylation sites (tertiary alicyclic amines) is 1. The van der Waals surface area contributed by atoms with Crippen molar-refractivity contribution in [1.82, 2.24) is 10.2 Å². The molecule has 0 unspecified atom stereocenters. The normalized spacial score (nSPS) is 31.5. The van der Waals surface area contributed by atoms with E-state index < -0.39 is 0 Å². The van der Waals surface area contributed by atoms with Gasteiger partial charge in [-0.05, 0) is 26.6 Å². The first-order valence-electron chi connectivity index (χ1n) is 3.05. The predicted octanol–water partition coefficient (Wildman–Crippen LogP) is 0.0717. The van der Waals surface area contributed by atoms with Crippen molar-refractivity contribution < 1.29 is 0 Å². The highest BCUT2D eigenvalue weighted by atomic mass is 15.2. The van der Waals surface area contributed by atoms with E-state index in [1.165, 1.54) is 6.42 Å². The van der Waals surface area contributed by atoms with E-state index in [4.69, 9.17) is 0 Å². The van der Waals surface area contributed by atoms with Crippen molar-refractivity contribution in [2.24, 2.45) is 0 Å². The molecule has 0 saturated carbocycles. The largest absolute Gasteiger partial charge is 0.458 e. The Kier molecular flexibility index (Phi) is 1.86. The van der Waals surface area contributed by atoms with Crippen molar-refractivity contribution in [2.75, 3.05) is 20.1 Å². The van der Waals surface area contributed by atoms with Crippen LogP contribution in [0.15, 0.2) is 0 Å². The number of hydrogen-bond donors (Lipinski definition) is 1. The molecule has 1 atom stereocenters. The third-order valence-electron chi connectivity index (χ3n) is 1.68. The van der Waals surface area contributed by atoms with E-state index >= 15 is 0 Å². The number of nitrogens with one attached hydrogen (secondary N) is 1. The summed E-state index contributed by atoms with van der Waals surface area (Å²) in [7, 11) is 5.83. The number of likely N-dealkylation sites (N-methyl/N-ethyl adjacent to an activating group) is 1. The summed E-state index contributed by atoms with van der Waals surface area (Å²) >= 11 is 0. The lowest BCUT2D eigenvalue weighted by Crippen LogP contribution is -2.27. The SMILES string of the molecule is [CH2-]N1CC[C@H](NC)C1. The Morgan fingerprint density at radius 3 is 2.75 bits per heavy atom. The van der Waals surface area contributed by atoms with Gasteiger partial charge in [-0.25, -0.2) is 0 Å². The molecule has 1 heterocycles. The average Bonchev–Trinajstić information content (AvgIpc) is 2.14. The van der Waals surface area contributed by atoms with Crippen LogP contribution in [0.2, 0.25) is 0 Å². The van der Waals surface area contributed by atoms with Gasteiger partial charge in [-0.2, -0.15) is 0 Å². The van der Waals surface area contributed by atoms with Crippen molar-refractivity contribution in [3.8, 4) is 0 Å². The Morgan fingerprint density at radius 2 is 2.50 bits per heavy atom. The second-order valence-corrected chi connectivity index (χ2v) is 2.35. The summed E-state index contributed by atoms with van der Waals surface area (Å²) in [6, 6.07) is 0.687. The number of nitrogens with zero attached hydrogens (tertiary/aromatic N) is 1. The van der Waals surface area contributed by atoms with Crippen molar-refractivity contribution in [1.29, 1.82) is 0 Å². The molecule has 0 amide bonds. The molecule has 1 aliphatic heterocycles. The van der Waals surface area contributed by atoms with Gasteiger partial charge in [0.15, 0.2) is 0 Å². The van der Waals surface area contributed by atoms with E-state index in [1.807, 2.05) is 7.05 Å². The van der Waals surface area contributed by atoms with Crippen molar-refractivity contribution in [3.63, 3.8) is 0 Å². The molecular formula is C6H13N2-. The van der Waals surface area contributed by atoms with Gasteiger partial charge in [0.1, 0.15) is 0 Å². The van der Waals surface area contributed by atoms with E-state index in [1.54, 1.807) is 0 Å². The number of hydrogen-bond acceptors (Lipinski definition) is 2. The quantitative estimate of drug-likeness (QED) is 0.484. The van der Waals surface area contributed by atoms with Crippen LogP contribution in [0.3, 0.4) is 0 Å². The average molecular weight is 113 g/mol. The molecule has 0 aromatic rings. The summed E-state index contributed by atoms with van der Waals surface area (Å²) < 4.78 is 0. The Labute approximate surface area is 50.9 Å². The molecule has 1 N–H and O–H groups in total. The monoisotopic (exact) mass is 113 g/mol. The van der Waals surface area contributed by atoms with Crippen molar-refractivity contribution >= 4 is 0 Å². The third-order valence-corrected chi connectivity index (χ3v) is 1.68. The van der Waals surface area contributed by atoms with E-state index in [0.29, 0.717) is 6.04 Å². The van der Waals surface area contributed by atoms with Crippen LogP contribution >= 0.6 is 0 Å². The minimum Gasteiger partial charge on any atom is -0.458 e. The van der Waals surface area contributed by atoms with Crippen LogP contribution in [0.5, 0.6) is 0 Å². The molecule has 1 rings (SSSR count). The summed E-state index contributed by atoms with van der Waals surface area (Å²) in [5, 5.41) is 3.21. The lowest BCUT2D eigenvalue weighted by Gasteiger charge is -2.15. The number of rotatable bonds is 1. The van der Waals surface area contributed by atoms with Gasteiger partial charge >= 0.3 is 0 Å². The molecule has 48 valence electrons. The third kappa shape index (κ3) is 1.20. The fraction of sp³-hybridized carbons (Fsp3) is 0.833. The summed E-state index contributed by atoms with van der Waals surface area (Å²) in [5.41, 5.74) is 0. The molecular weight excluding hydrogens is 100 g/mol. The standard InChI is InChI=1S/C6H13N2/c1-7-6-3-4-8(2)5-6/h6-7H,2-5H2,1H3/q-1/t6-/m0/s1. The molecule has 1 saturated heterocycles. The molecule has 0 aromatic carbocycles. The van der Waals surface area contributed by atoms with E-state index in [9.17, 15) is 0 Å². The molecule has 8 heavy (non-hydrogen) atoms. The van der Waals surface area contributed by atoms with Crippen LogP contribution in [0.1, 0.15) is 6.42 Å². The zero-order chi connectivity index (χ0) is 5.98. The van der Waals surface area contributed by atoms with E-state index in [2.05, 4.69) is 17.3 Å². The second kappa shape index (κ2) is 2.46. The van der Waals surface area contributed by atoms with Crippen molar-refractivity contribution in [3.05, 3.63) is 7.05 Å². The van der Waals surface area contributed by atoms with Gasteiger partial charge in [0.2, 0.25) is 0 Å². The summed E-state index contributed by atoms with van der Waals surface area (Å²) in [6.07, 6.45) is 1.25. The van der Waals surface area contributed by atoms with E-state index in [-0.39, 0.29) is 0 Å². The van der Waals surface area contributed by atoms with Gasteiger partial charge in [0.05, 0.1) is 0 Å². The highest BCUT2D eigenvalue weighted by molar-refractivity contribution is 4.78.